The van der Waals surface area contributed by atoms with Crippen LogP contribution in [0.1, 0.15) is 54.7 Å². The summed E-state index contributed by atoms with van der Waals surface area (Å²) >= 11 is 0. The van der Waals surface area contributed by atoms with Crippen molar-refractivity contribution < 1.29 is 13.2 Å². The molecule has 2 aliphatic carbocycles. The van der Waals surface area contributed by atoms with Crippen molar-refractivity contribution in [2.24, 2.45) is 5.92 Å². The fourth-order valence-corrected chi connectivity index (χ4v) is 7.25. The van der Waals surface area contributed by atoms with E-state index >= 15 is 0 Å². The van der Waals surface area contributed by atoms with Gasteiger partial charge in [-0.3, -0.25) is 4.90 Å². The molecule has 2 aromatic carbocycles. The molecule has 2 unspecified atom stereocenters. The third-order valence-electron chi connectivity index (χ3n) is 7.89. The molecule has 2 fully saturated rings. The van der Waals surface area contributed by atoms with Gasteiger partial charge in [-0.2, -0.15) is 0 Å². The molecule has 1 heterocycles. The number of sulfonamides is 1. The van der Waals surface area contributed by atoms with Crippen LogP contribution in [-0.4, -0.2) is 62.7 Å². The number of hydrogen-bond acceptors (Lipinski definition) is 4. The van der Waals surface area contributed by atoms with E-state index in [4.69, 9.17) is 4.74 Å². The minimum absolute atomic E-state index is 0.279. The van der Waals surface area contributed by atoms with Crippen molar-refractivity contribution in [2.45, 2.75) is 56.9 Å². The summed E-state index contributed by atoms with van der Waals surface area (Å²) in [6.07, 6.45) is 8.07. The molecular weight excluding hydrogens is 444 g/mol. The zero-order valence-electron chi connectivity index (χ0n) is 20.4. The largest absolute Gasteiger partial charge is 0.492 e. The predicted molar refractivity (Wildman–Crippen MR) is 137 cm³/mol. The lowest BCUT2D eigenvalue weighted by Gasteiger charge is -2.39. The van der Waals surface area contributed by atoms with Gasteiger partial charge in [-0.15, -0.1) is 0 Å². The molecule has 34 heavy (non-hydrogen) atoms. The van der Waals surface area contributed by atoms with Gasteiger partial charge >= 0.3 is 0 Å². The number of nitrogens with zero attached hydrogens (tertiary/aromatic N) is 2. The van der Waals surface area contributed by atoms with E-state index in [0.29, 0.717) is 31.0 Å². The third kappa shape index (κ3) is 5.67. The van der Waals surface area contributed by atoms with E-state index in [-0.39, 0.29) is 5.75 Å². The Morgan fingerprint density at radius 3 is 2.53 bits per heavy atom. The summed E-state index contributed by atoms with van der Waals surface area (Å²) in [7, 11) is -1.51. The van der Waals surface area contributed by atoms with Crippen LogP contribution in [0.4, 0.5) is 0 Å². The van der Waals surface area contributed by atoms with Crippen LogP contribution < -0.4 is 4.74 Å². The van der Waals surface area contributed by atoms with Crippen LogP contribution in [0.15, 0.2) is 48.5 Å². The van der Waals surface area contributed by atoms with E-state index in [2.05, 4.69) is 53.4 Å². The van der Waals surface area contributed by atoms with E-state index < -0.39 is 10.0 Å². The smallest absolute Gasteiger partial charge is 0.214 e. The van der Waals surface area contributed by atoms with Gasteiger partial charge in [0.25, 0.3) is 0 Å². The molecule has 0 radical (unpaired) electrons. The van der Waals surface area contributed by atoms with Gasteiger partial charge in [0.05, 0.1) is 5.75 Å². The van der Waals surface area contributed by atoms with E-state index in [1.807, 2.05) is 0 Å². The average molecular weight is 483 g/mol. The second kappa shape index (κ2) is 10.4. The summed E-state index contributed by atoms with van der Waals surface area (Å²) in [5.74, 6) is 1.95. The van der Waals surface area contributed by atoms with E-state index in [0.717, 1.165) is 31.4 Å². The SMILES string of the molecule is CN(CCOc1ccc2c(c1)C(Cc1ccccc1)C(N1CCCC1)CC2)S(=O)(=O)CC1CC1. The zero-order valence-corrected chi connectivity index (χ0v) is 21.2. The van der Waals surface area contributed by atoms with Gasteiger partial charge in [-0.1, -0.05) is 36.4 Å². The molecule has 1 saturated heterocycles. The Kier molecular flexibility index (Phi) is 7.28. The molecular formula is C28H38N2O3S. The van der Waals surface area contributed by atoms with Crippen molar-refractivity contribution in [3.63, 3.8) is 0 Å². The molecule has 2 atom stereocenters. The highest BCUT2D eigenvalue weighted by atomic mass is 32.2. The summed E-state index contributed by atoms with van der Waals surface area (Å²) in [5, 5.41) is 0. The topological polar surface area (TPSA) is 49.9 Å². The number of rotatable bonds is 10. The molecule has 0 aromatic heterocycles. The minimum Gasteiger partial charge on any atom is -0.492 e. The van der Waals surface area contributed by atoms with Crippen LogP contribution >= 0.6 is 0 Å². The Morgan fingerprint density at radius 1 is 1.03 bits per heavy atom. The molecule has 0 N–H and O–H groups in total. The number of fused-ring (bicyclic) bond motifs is 1. The summed E-state index contributed by atoms with van der Waals surface area (Å²) in [6.45, 7) is 3.18. The van der Waals surface area contributed by atoms with Gasteiger partial charge in [0.2, 0.25) is 10.0 Å². The van der Waals surface area contributed by atoms with Gasteiger partial charge in [-0.05, 0) is 92.8 Å². The molecule has 3 aliphatic rings. The molecule has 184 valence electrons. The quantitative estimate of drug-likeness (QED) is 0.501. The number of ether oxygens (including phenoxy) is 1. The highest BCUT2D eigenvalue weighted by Gasteiger charge is 2.35. The number of likely N-dealkylation sites (tertiary alicyclic amines) is 1. The van der Waals surface area contributed by atoms with Gasteiger partial charge in [0.15, 0.2) is 0 Å². The van der Waals surface area contributed by atoms with Crippen LogP contribution in [0.2, 0.25) is 0 Å². The van der Waals surface area contributed by atoms with Crippen molar-refractivity contribution in [2.75, 3.05) is 39.0 Å². The summed E-state index contributed by atoms with van der Waals surface area (Å²) in [4.78, 5) is 2.71. The molecule has 0 bridgehead atoms. The highest BCUT2D eigenvalue weighted by molar-refractivity contribution is 7.89. The summed E-state index contributed by atoms with van der Waals surface area (Å²) < 4.78 is 32.5. The van der Waals surface area contributed by atoms with Crippen LogP contribution in [0.25, 0.3) is 0 Å². The molecule has 5 rings (SSSR count). The Balaban J connectivity index is 1.30. The van der Waals surface area contributed by atoms with Gasteiger partial charge in [0.1, 0.15) is 12.4 Å². The van der Waals surface area contributed by atoms with Gasteiger partial charge in [0, 0.05) is 25.6 Å². The lowest BCUT2D eigenvalue weighted by Crippen LogP contribution is -2.41. The molecule has 1 saturated carbocycles. The lowest BCUT2D eigenvalue weighted by atomic mass is 9.75. The Hall–Kier alpha value is -1.89. The highest BCUT2D eigenvalue weighted by Crippen LogP contribution is 2.40. The van der Waals surface area contributed by atoms with Crippen LogP contribution in [0.3, 0.4) is 0 Å². The van der Waals surface area contributed by atoms with Crippen molar-refractivity contribution >= 4 is 10.0 Å². The van der Waals surface area contributed by atoms with Crippen LogP contribution in [0.5, 0.6) is 5.75 Å². The molecule has 5 nitrogen and oxygen atoms in total. The fraction of sp³-hybridized carbons (Fsp3) is 0.571. The standard InChI is InChI=1S/C28H38N2O3S/c1-29(34(31,32)21-23-9-10-23)17-18-33-25-13-11-24-12-14-28(30-15-5-6-16-30)27(26(24)20-25)19-22-7-3-2-4-8-22/h2-4,7-8,11,13,20,23,27-28H,5-6,9-10,12,14-19,21H2,1H3. The molecule has 1 aliphatic heterocycles. The predicted octanol–water partition coefficient (Wildman–Crippen LogP) is 4.47. The maximum Gasteiger partial charge on any atom is 0.214 e. The maximum absolute atomic E-state index is 12.5. The number of benzene rings is 2. The third-order valence-corrected chi connectivity index (χ3v) is 9.92. The van der Waals surface area contributed by atoms with E-state index in [1.165, 1.54) is 53.3 Å². The average Bonchev–Trinajstić information content (AvgIpc) is 3.47. The van der Waals surface area contributed by atoms with Crippen molar-refractivity contribution in [3.05, 3.63) is 65.2 Å². The van der Waals surface area contributed by atoms with Crippen LogP contribution in [-0.2, 0) is 22.9 Å². The first kappa shape index (κ1) is 23.8. The summed E-state index contributed by atoms with van der Waals surface area (Å²) in [6, 6.07) is 18.0. The van der Waals surface area contributed by atoms with Crippen molar-refractivity contribution in [3.8, 4) is 5.75 Å². The normalized spacial score (nSPS) is 23.2. The number of hydrogen-bond donors (Lipinski definition) is 0. The Bertz CT molecular complexity index is 1060. The first-order valence-corrected chi connectivity index (χ1v) is 14.6. The van der Waals surface area contributed by atoms with E-state index in [1.54, 1.807) is 7.05 Å². The van der Waals surface area contributed by atoms with Gasteiger partial charge in [-0.25, -0.2) is 12.7 Å². The molecule has 0 amide bonds. The Morgan fingerprint density at radius 2 is 1.79 bits per heavy atom. The zero-order chi connectivity index (χ0) is 23.5. The summed E-state index contributed by atoms with van der Waals surface area (Å²) in [5.41, 5.74) is 4.24. The molecule has 2 aromatic rings. The lowest BCUT2D eigenvalue weighted by molar-refractivity contribution is 0.188. The van der Waals surface area contributed by atoms with Gasteiger partial charge < -0.3 is 4.74 Å². The second-order valence-corrected chi connectivity index (χ2v) is 12.5. The fourth-order valence-electron chi connectivity index (χ4n) is 5.71. The maximum atomic E-state index is 12.5. The van der Waals surface area contributed by atoms with Crippen molar-refractivity contribution in [1.82, 2.24) is 9.21 Å². The second-order valence-electron chi connectivity index (χ2n) is 10.4. The minimum atomic E-state index is -3.18. The van der Waals surface area contributed by atoms with E-state index in [9.17, 15) is 8.42 Å². The molecule has 0 spiro atoms. The number of aryl methyl sites for hydroxylation is 1. The molecule has 6 heteroatoms. The monoisotopic (exact) mass is 482 g/mol. The first-order valence-electron chi connectivity index (χ1n) is 13.0. The Labute approximate surface area is 205 Å². The number of likely N-dealkylation sites (N-methyl/N-ethyl adjacent to an activating group) is 1. The van der Waals surface area contributed by atoms with Crippen molar-refractivity contribution in [1.29, 1.82) is 0 Å². The first-order chi connectivity index (χ1) is 16.5. The van der Waals surface area contributed by atoms with Crippen LogP contribution in [0, 0.1) is 5.92 Å².